The lowest BCUT2D eigenvalue weighted by atomic mass is 9.97. The molecule has 0 aromatic heterocycles. The molecule has 0 saturated carbocycles. The molecule has 0 spiro atoms. The maximum atomic E-state index is 12.6. The van der Waals surface area contributed by atoms with Gasteiger partial charge >= 0.3 is 0 Å². The van der Waals surface area contributed by atoms with Crippen LogP contribution in [-0.4, -0.2) is 62.3 Å². The van der Waals surface area contributed by atoms with Gasteiger partial charge in [0.25, 0.3) is 0 Å². The minimum atomic E-state index is -3.45. The Hall–Kier alpha value is -1.70. The quantitative estimate of drug-likeness (QED) is 0.640. The Morgan fingerprint density at radius 2 is 1.83 bits per heavy atom. The molecule has 6 nitrogen and oxygen atoms in total. The van der Waals surface area contributed by atoms with E-state index in [1.54, 1.807) is 6.08 Å². The summed E-state index contributed by atoms with van der Waals surface area (Å²) in [6.45, 7) is 5.97. The fraction of sp³-hybridized carbons (Fsp3) is 0.609. The highest BCUT2D eigenvalue weighted by Gasteiger charge is 2.29. The highest BCUT2D eigenvalue weighted by atomic mass is 32.2. The van der Waals surface area contributed by atoms with Gasteiger partial charge in [-0.2, -0.15) is 4.31 Å². The average Bonchev–Trinajstić information content (AvgIpc) is 2.77. The highest BCUT2D eigenvalue weighted by Crippen LogP contribution is 2.21. The number of benzene rings is 1. The Balaban J connectivity index is 1.38. The third-order valence-corrected chi connectivity index (χ3v) is 7.84. The van der Waals surface area contributed by atoms with Crippen molar-refractivity contribution in [2.24, 2.45) is 5.92 Å². The molecule has 2 aliphatic rings. The van der Waals surface area contributed by atoms with Gasteiger partial charge in [-0.3, -0.25) is 4.79 Å². The van der Waals surface area contributed by atoms with E-state index in [-0.39, 0.29) is 11.8 Å². The SMILES string of the molecule is C[C@@H]1CCCCN1CCCNC(=O)C1CCN(S(=O)(=O)/C=C/c2ccccc2)CC1. The van der Waals surface area contributed by atoms with Gasteiger partial charge < -0.3 is 10.2 Å². The lowest BCUT2D eigenvalue weighted by molar-refractivity contribution is -0.126. The number of rotatable bonds is 8. The van der Waals surface area contributed by atoms with Gasteiger partial charge in [-0.05, 0) is 57.2 Å². The molecule has 1 atom stereocenters. The molecule has 0 bridgehead atoms. The van der Waals surface area contributed by atoms with Crippen LogP contribution in [-0.2, 0) is 14.8 Å². The van der Waals surface area contributed by atoms with E-state index < -0.39 is 10.0 Å². The number of nitrogens with one attached hydrogen (secondary N) is 1. The molecule has 3 rings (SSSR count). The summed E-state index contributed by atoms with van der Waals surface area (Å²) >= 11 is 0. The number of likely N-dealkylation sites (tertiary alicyclic amines) is 1. The predicted octanol–water partition coefficient (Wildman–Crippen LogP) is 3.08. The first-order valence-corrected chi connectivity index (χ1v) is 12.7. The number of carbonyl (C=O) groups is 1. The van der Waals surface area contributed by atoms with Crippen LogP contribution in [0, 0.1) is 5.92 Å². The van der Waals surface area contributed by atoms with Crippen LogP contribution in [0.4, 0.5) is 0 Å². The molecule has 1 aromatic carbocycles. The van der Waals surface area contributed by atoms with E-state index in [0.717, 1.165) is 18.5 Å². The molecule has 7 heteroatoms. The molecule has 2 fully saturated rings. The van der Waals surface area contributed by atoms with Gasteiger partial charge in [0.2, 0.25) is 15.9 Å². The summed E-state index contributed by atoms with van der Waals surface area (Å²) in [4.78, 5) is 15.0. The van der Waals surface area contributed by atoms with Crippen molar-refractivity contribution >= 4 is 22.0 Å². The first kappa shape index (κ1) is 23.0. The monoisotopic (exact) mass is 433 g/mol. The van der Waals surface area contributed by atoms with Crippen LogP contribution in [0.15, 0.2) is 35.7 Å². The largest absolute Gasteiger partial charge is 0.356 e. The van der Waals surface area contributed by atoms with Crippen molar-refractivity contribution in [3.63, 3.8) is 0 Å². The second-order valence-corrected chi connectivity index (χ2v) is 10.3. The Kier molecular flexibility index (Phi) is 8.48. The molecule has 2 heterocycles. The van der Waals surface area contributed by atoms with Crippen LogP contribution in [0.2, 0.25) is 0 Å². The summed E-state index contributed by atoms with van der Waals surface area (Å²) in [5, 5.41) is 4.33. The molecule has 0 radical (unpaired) electrons. The Bertz CT molecular complexity index is 802. The summed E-state index contributed by atoms with van der Waals surface area (Å²) < 4.78 is 26.6. The second-order valence-electron chi connectivity index (χ2n) is 8.46. The van der Waals surface area contributed by atoms with Crippen molar-refractivity contribution in [2.75, 3.05) is 32.7 Å². The molecule has 0 unspecified atom stereocenters. The van der Waals surface area contributed by atoms with E-state index in [2.05, 4.69) is 17.1 Å². The zero-order valence-corrected chi connectivity index (χ0v) is 18.8. The molecular weight excluding hydrogens is 398 g/mol. The van der Waals surface area contributed by atoms with E-state index in [0.29, 0.717) is 38.5 Å². The molecule has 1 N–H and O–H groups in total. The second kappa shape index (κ2) is 11.1. The minimum absolute atomic E-state index is 0.0681. The smallest absolute Gasteiger partial charge is 0.236 e. The number of carbonyl (C=O) groups excluding carboxylic acids is 1. The number of hydrogen-bond donors (Lipinski definition) is 1. The van der Waals surface area contributed by atoms with Gasteiger partial charge in [0, 0.05) is 43.5 Å². The number of nitrogens with zero attached hydrogens (tertiary/aromatic N) is 2. The van der Waals surface area contributed by atoms with Crippen LogP contribution in [0.5, 0.6) is 0 Å². The molecule has 2 aliphatic heterocycles. The van der Waals surface area contributed by atoms with Gasteiger partial charge in [0.1, 0.15) is 0 Å². The molecule has 2 saturated heterocycles. The maximum absolute atomic E-state index is 12.6. The van der Waals surface area contributed by atoms with Gasteiger partial charge in [0.15, 0.2) is 0 Å². The van der Waals surface area contributed by atoms with Crippen molar-refractivity contribution < 1.29 is 13.2 Å². The van der Waals surface area contributed by atoms with E-state index >= 15 is 0 Å². The fourth-order valence-corrected chi connectivity index (χ4v) is 5.54. The Morgan fingerprint density at radius 3 is 2.53 bits per heavy atom. The van der Waals surface area contributed by atoms with E-state index in [1.165, 1.54) is 35.5 Å². The van der Waals surface area contributed by atoms with Crippen LogP contribution in [0.1, 0.15) is 51.0 Å². The highest BCUT2D eigenvalue weighted by molar-refractivity contribution is 7.92. The Morgan fingerprint density at radius 1 is 1.10 bits per heavy atom. The zero-order chi connectivity index (χ0) is 21.4. The predicted molar refractivity (Wildman–Crippen MR) is 121 cm³/mol. The normalized spacial score (nSPS) is 22.4. The summed E-state index contributed by atoms with van der Waals surface area (Å²) in [5.41, 5.74) is 0.856. The third kappa shape index (κ3) is 6.65. The van der Waals surface area contributed by atoms with E-state index in [4.69, 9.17) is 0 Å². The van der Waals surface area contributed by atoms with E-state index in [1.807, 2.05) is 30.3 Å². The summed E-state index contributed by atoms with van der Waals surface area (Å²) in [5.74, 6) is -0.0259. The van der Waals surface area contributed by atoms with Gasteiger partial charge in [-0.1, -0.05) is 36.8 Å². The zero-order valence-electron chi connectivity index (χ0n) is 18.0. The molecular formula is C23H35N3O3S. The number of hydrogen-bond acceptors (Lipinski definition) is 4. The third-order valence-electron chi connectivity index (χ3n) is 6.28. The average molecular weight is 434 g/mol. The van der Waals surface area contributed by atoms with Gasteiger partial charge in [0.05, 0.1) is 0 Å². The van der Waals surface area contributed by atoms with Gasteiger partial charge in [-0.25, -0.2) is 8.42 Å². The number of piperidine rings is 2. The summed E-state index contributed by atoms with van der Waals surface area (Å²) in [7, 11) is -3.45. The standard InChI is InChI=1S/C23H35N3O3S/c1-20-8-5-6-15-25(20)16-7-14-24-23(27)22-11-17-26(18-12-22)30(28,29)19-13-21-9-3-2-4-10-21/h2-4,9-10,13,19-20,22H,5-8,11-12,14-18H2,1H3,(H,24,27)/b19-13+/t20-/m1/s1. The van der Waals surface area contributed by atoms with Crippen molar-refractivity contribution in [1.82, 2.24) is 14.5 Å². The number of sulfonamides is 1. The topological polar surface area (TPSA) is 69.7 Å². The first-order chi connectivity index (χ1) is 14.5. The van der Waals surface area contributed by atoms with Crippen LogP contribution in [0.3, 0.4) is 0 Å². The Labute approximate surface area is 181 Å². The van der Waals surface area contributed by atoms with Crippen molar-refractivity contribution in [3.05, 3.63) is 41.3 Å². The molecule has 0 aliphatic carbocycles. The lowest BCUT2D eigenvalue weighted by Crippen LogP contribution is -2.43. The molecule has 166 valence electrons. The van der Waals surface area contributed by atoms with Crippen LogP contribution in [0.25, 0.3) is 6.08 Å². The van der Waals surface area contributed by atoms with Crippen molar-refractivity contribution in [1.29, 1.82) is 0 Å². The fourth-order valence-electron chi connectivity index (χ4n) is 4.32. The van der Waals surface area contributed by atoms with E-state index in [9.17, 15) is 13.2 Å². The minimum Gasteiger partial charge on any atom is -0.356 e. The van der Waals surface area contributed by atoms with Crippen molar-refractivity contribution in [3.8, 4) is 0 Å². The first-order valence-electron chi connectivity index (χ1n) is 11.2. The van der Waals surface area contributed by atoms with Gasteiger partial charge in [-0.15, -0.1) is 0 Å². The number of amides is 1. The maximum Gasteiger partial charge on any atom is 0.236 e. The van der Waals surface area contributed by atoms with Crippen LogP contribution >= 0.6 is 0 Å². The molecule has 30 heavy (non-hydrogen) atoms. The lowest BCUT2D eigenvalue weighted by Gasteiger charge is -2.33. The summed E-state index contributed by atoms with van der Waals surface area (Å²) in [6.07, 6.45) is 7.61. The van der Waals surface area contributed by atoms with Crippen LogP contribution < -0.4 is 5.32 Å². The molecule has 1 amide bonds. The molecule has 1 aromatic rings. The summed E-state index contributed by atoms with van der Waals surface area (Å²) in [6, 6.07) is 10.0. The van der Waals surface area contributed by atoms with Crippen molar-refractivity contribution in [2.45, 2.75) is 51.5 Å².